The van der Waals surface area contributed by atoms with Crippen LogP contribution >= 0.6 is 11.3 Å². The fraction of sp³-hybridized carbons (Fsp3) is 0.267. The number of hydrogen-bond donors (Lipinski definition) is 0. The molecule has 0 radical (unpaired) electrons. The van der Waals surface area contributed by atoms with Crippen LogP contribution in [0, 0.1) is 0 Å². The van der Waals surface area contributed by atoms with Gasteiger partial charge in [0.25, 0.3) is 0 Å². The maximum atomic E-state index is 11.3. The summed E-state index contributed by atoms with van der Waals surface area (Å²) in [7, 11) is 1.33. The third-order valence-corrected chi connectivity index (χ3v) is 4.36. The lowest BCUT2D eigenvalue weighted by atomic mass is 10.1. The van der Waals surface area contributed by atoms with Crippen molar-refractivity contribution in [2.24, 2.45) is 0 Å². The van der Waals surface area contributed by atoms with Gasteiger partial charge in [0.05, 0.1) is 7.11 Å². The molecule has 0 fully saturated rings. The van der Waals surface area contributed by atoms with E-state index in [1.807, 2.05) is 6.07 Å². The lowest BCUT2D eigenvalue weighted by Gasteiger charge is -2.26. The van der Waals surface area contributed by atoms with E-state index in [1.54, 1.807) is 17.4 Å². The van der Waals surface area contributed by atoms with Crippen molar-refractivity contribution < 1.29 is 9.53 Å². The summed E-state index contributed by atoms with van der Waals surface area (Å²) in [5.74, 6) is 0.316. The first-order valence-electron chi connectivity index (χ1n) is 6.68. The lowest BCUT2D eigenvalue weighted by Crippen LogP contribution is -2.29. The van der Waals surface area contributed by atoms with E-state index in [2.05, 4.69) is 43.4 Å². The first-order valence-corrected chi connectivity index (χ1v) is 7.56. The molecule has 0 N–H and O–H groups in total. The number of carbonyl (C=O) groups excluding carboxylic acids is 1. The molecule has 0 atom stereocenters. The monoisotopic (exact) mass is 301 g/mol. The summed E-state index contributed by atoms with van der Waals surface area (Å²) in [6, 6.07) is 7.68. The van der Waals surface area contributed by atoms with E-state index in [9.17, 15) is 4.79 Å². The molecule has 0 saturated carbocycles. The van der Waals surface area contributed by atoms with Crippen LogP contribution in [0.1, 0.15) is 21.8 Å². The number of anilines is 1. The molecular weight excluding hydrogens is 286 g/mol. The predicted octanol–water partition coefficient (Wildman–Crippen LogP) is 2.62. The molecule has 3 rings (SSSR count). The Balaban J connectivity index is 1.70. The Morgan fingerprint density at radius 1 is 1.33 bits per heavy atom. The van der Waals surface area contributed by atoms with Crippen molar-refractivity contribution in [2.75, 3.05) is 25.1 Å². The fourth-order valence-electron chi connectivity index (χ4n) is 2.27. The van der Waals surface area contributed by atoms with Crippen molar-refractivity contribution in [3.63, 3.8) is 0 Å². The summed E-state index contributed by atoms with van der Waals surface area (Å²) in [5, 5.41) is 10.1. The molecule has 0 spiro atoms. The van der Waals surface area contributed by atoms with Gasteiger partial charge in [-0.15, -0.1) is 21.5 Å². The number of aromatic nitrogens is 2. The molecule has 0 saturated heterocycles. The van der Waals surface area contributed by atoms with Gasteiger partial charge in [-0.25, -0.2) is 4.79 Å². The summed E-state index contributed by atoms with van der Waals surface area (Å²) < 4.78 is 4.61. The molecule has 3 heterocycles. The van der Waals surface area contributed by atoms with E-state index in [0.29, 0.717) is 0 Å². The van der Waals surface area contributed by atoms with Crippen LogP contribution in [0.25, 0.3) is 5.57 Å². The molecule has 0 bridgehead atoms. The van der Waals surface area contributed by atoms with E-state index in [-0.39, 0.29) is 5.69 Å². The van der Waals surface area contributed by atoms with Gasteiger partial charge in [0.2, 0.25) is 0 Å². The summed E-state index contributed by atoms with van der Waals surface area (Å²) in [6.45, 7) is 1.70. The van der Waals surface area contributed by atoms with Gasteiger partial charge >= 0.3 is 5.97 Å². The Morgan fingerprint density at radius 2 is 2.24 bits per heavy atom. The standard InChI is InChI=1S/C15H15N3O2S/c1-20-15(19)12-4-5-14(17-16-12)18-8-6-11(7-9-18)13-3-2-10-21-13/h2-6,10H,7-9H2,1H3. The van der Waals surface area contributed by atoms with Crippen LogP contribution in [-0.4, -0.2) is 36.4 Å². The van der Waals surface area contributed by atoms with E-state index in [0.717, 1.165) is 25.3 Å². The minimum Gasteiger partial charge on any atom is -0.464 e. The number of ether oxygens (including phenoxy) is 1. The van der Waals surface area contributed by atoms with Gasteiger partial charge in [-0.05, 0) is 35.6 Å². The van der Waals surface area contributed by atoms with Gasteiger partial charge in [-0.2, -0.15) is 0 Å². The fourth-order valence-corrected chi connectivity index (χ4v) is 3.07. The second-order valence-electron chi connectivity index (χ2n) is 4.67. The maximum Gasteiger partial charge on any atom is 0.358 e. The van der Waals surface area contributed by atoms with E-state index in [4.69, 9.17) is 0 Å². The third-order valence-electron chi connectivity index (χ3n) is 3.42. The third kappa shape index (κ3) is 2.95. The van der Waals surface area contributed by atoms with E-state index < -0.39 is 5.97 Å². The quantitative estimate of drug-likeness (QED) is 0.816. The van der Waals surface area contributed by atoms with Gasteiger partial charge in [-0.1, -0.05) is 12.1 Å². The van der Waals surface area contributed by atoms with Crippen LogP contribution in [0.5, 0.6) is 0 Å². The molecule has 21 heavy (non-hydrogen) atoms. The van der Waals surface area contributed by atoms with E-state index >= 15 is 0 Å². The van der Waals surface area contributed by atoms with Crippen molar-refractivity contribution in [1.29, 1.82) is 0 Å². The van der Waals surface area contributed by atoms with Gasteiger partial charge in [-0.3, -0.25) is 0 Å². The van der Waals surface area contributed by atoms with Crippen molar-refractivity contribution in [3.8, 4) is 0 Å². The van der Waals surface area contributed by atoms with Crippen LogP contribution in [0.15, 0.2) is 35.7 Å². The van der Waals surface area contributed by atoms with Crippen molar-refractivity contribution in [2.45, 2.75) is 6.42 Å². The largest absolute Gasteiger partial charge is 0.464 e. The highest BCUT2D eigenvalue weighted by molar-refractivity contribution is 7.11. The molecule has 0 aliphatic carbocycles. The van der Waals surface area contributed by atoms with Gasteiger partial charge in [0.15, 0.2) is 11.5 Å². The van der Waals surface area contributed by atoms with Gasteiger partial charge in [0, 0.05) is 18.0 Å². The number of carbonyl (C=O) groups is 1. The number of thiophene rings is 1. The SMILES string of the molecule is COC(=O)c1ccc(N2CC=C(c3cccs3)CC2)nn1. The maximum absolute atomic E-state index is 11.3. The average molecular weight is 301 g/mol. The van der Waals surface area contributed by atoms with Crippen LogP contribution in [0.2, 0.25) is 0 Å². The second kappa shape index (κ2) is 6.05. The second-order valence-corrected chi connectivity index (χ2v) is 5.62. The predicted molar refractivity (Wildman–Crippen MR) is 82.5 cm³/mol. The number of rotatable bonds is 3. The minimum absolute atomic E-state index is 0.230. The topological polar surface area (TPSA) is 55.3 Å². The molecule has 1 aliphatic rings. The summed E-state index contributed by atoms with van der Waals surface area (Å²) >= 11 is 1.77. The lowest BCUT2D eigenvalue weighted by molar-refractivity contribution is 0.0592. The normalized spacial score (nSPS) is 14.7. The molecule has 0 aromatic carbocycles. The van der Waals surface area contributed by atoms with Crippen LogP contribution in [0.4, 0.5) is 5.82 Å². The molecule has 0 amide bonds. The summed E-state index contributed by atoms with van der Waals surface area (Å²) in [4.78, 5) is 14.8. The summed E-state index contributed by atoms with van der Waals surface area (Å²) in [6.07, 6.45) is 3.21. The van der Waals surface area contributed by atoms with Crippen LogP contribution in [0.3, 0.4) is 0 Å². The highest BCUT2D eigenvalue weighted by Gasteiger charge is 2.16. The van der Waals surface area contributed by atoms with Crippen LogP contribution in [-0.2, 0) is 4.74 Å². The van der Waals surface area contributed by atoms with Crippen LogP contribution < -0.4 is 4.90 Å². The Labute approximate surface area is 126 Å². The molecule has 2 aromatic rings. The average Bonchev–Trinajstić information content (AvgIpc) is 3.09. The molecule has 5 nitrogen and oxygen atoms in total. The number of esters is 1. The molecule has 108 valence electrons. The Hall–Kier alpha value is -2.21. The highest BCUT2D eigenvalue weighted by atomic mass is 32.1. The van der Waals surface area contributed by atoms with Crippen molar-refractivity contribution in [1.82, 2.24) is 10.2 Å². The molecular formula is C15H15N3O2S. The van der Waals surface area contributed by atoms with Gasteiger partial charge < -0.3 is 9.64 Å². The first-order chi connectivity index (χ1) is 10.3. The Kier molecular flexibility index (Phi) is 3.96. The highest BCUT2D eigenvalue weighted by Crippen LogP contribution is 2.27. The zero-order valence-corrected chi connectivity index (χ0v) is 12.5. The number of hydrogen-bond acceptors (Lipinski definition) is 6. The molecule has 6 heteroatoms. The number of methoxy groups -OCH3 is 1. The molecule has 2 aromatic heterocycles. The van der Waals surface area contributed by atoms with Crippen molar-refractivity contribution >= 4 is 28.7 Å². The molecule has 1 aliphatic heterocycles. The minimum atomic E-state index is -0.465. The van der Waals surface area contributed by atoms with Gasteiger partial charge in [0.1, 0.15) is 0 Å². The number of nitrogens with zero attached hydrogens (tertiary/aromatic N) is 3. The first kappa shape index (κ1) is 13.8. The zero-order valence-electron chi connectivity index (χ0n) is 11.7. The van der Waals surface area contributed by atoms with Crippen molar-refractivity contribution in [3.05, 3.63) is 46.3 Å². The van der Waals surface area contributed by atoms with E-state index in [1.165, 1.54) is 17.6 Å². The Bertz CT molecular complexity index is 650. The Morgan fingerprint density at radius 3 is 2.81 bits per heavy atom. The smallest absolute Gasteiger partial charge is 0.358 e. The zero-order chi connectivity index (χ0) is 14.7. The summed E-state index contributed by atoms with van der Waals surface area (Å²) in [5.41, 5.74) is 1.62. The molecule has 0 unspecified atom stereocenters.